The van der Waals surface area contributed by atoms with Crippen LogP contribution in [0.1, 0.15) is 29.3 Å². The van der Waals surface area contributed by atoms with Crippen LogP contribution in [-0.4, -0.2) is 35.6 Å². The van der Waals surface area contributed by atoms with Gasteiger partial charge >= 0.3 is 0 Å². The quantitative estimate of drug-likeness (QED) is 0.863. The van der Waals surface area contributed by atoms with E-state index < -0.39 is 0 Å². The predicted octanol–water partition coefficient (Wildman–Crippen LogP) is 2.06. The Hall–Kier alpha value is -2.01. The maximum atomic E-state index is 12.2. The monoisotopic (exact) mass is 290 g/mol. The summed E-state index contributed by atoms with van der Waals surface area (Å²) < 4.78 is 0. The van der Waals surface area contributed by atoms with Crippen molar-refractivity contribution >= 4 is 17.5 Å². The second-order valence-electron chi connectivity index (χ2n) is 3.95. The lowest BCUT2D eigenvalue weighted by Crippen LogP contribution is -2.31. The smallest absolute Gasteiger partial charge is 0.253 e. The van der Waals surface area contributed by atoms with E-state index in [0.29, 0.717) is 35.7 Å². The van der Waals surface area contributed by atoms with Gasteiger partial charge in [-0.15, -0.1) is 0 Å². The van der Waals surface area contributed by atoms with Gasteiger partial charge in [-0.2, -0.15) is 5.26 Å². The summed E-state index contributed by atoms with van der Waals surface area (Å²) in [7, 11) is 0. The van der Waals surface area contributed by atoms with Crippen LogP contribution in [0.15, 0.2) is 18.2 Å². The first-order chi connectivity index (χ1) is 9.63. The van der Waals surface area contributed by atoms with Gasteiger partial charge in [0, 0.05) is 24.2 Å². The van der Waals surface area contributed by atoms with Gasteiger partial charge in [-0.3, -0.25) is 4.79 Å². The summed E-state index contributed by atoms with van der Waals surface area (Å²) in [6.45, 7) is 2.55. The Morgan fingerprint density at radius 3 is 2.80 bits per heavy atom. The molecule has 0 spiro atoms. The standard InChI is InChI=1S/C15H15ClN2O2/c1-2-18(9-4-8-17)15(20)13-7-6-12(5-3-10-19)14(16)11-13/h6-7,11,19H,2,4,9-10H2,1H3. The first-order valence-electron chi connectivity index (χ1n) is 6.19. The lowest BCUT2D eigenvalue weighted by molar-refractivity contribution is 0.0768. The molecule has 20 heavy (non-hydrogen) atoms. The Morgan fingerprint density at radius 2 is 2.25 bits per heavy atom. The van der Waals surface area contributed by atoms with Gasteiger partial charge in [0.2, 0.25) is 0 Å². The molecule has 5 heteroatoms. The van der Waals surface area contributed by atoms with Crippen molar-refractivity contribution in [3.8, 4) is 17.9 Å². The zero-order valence-electron chi connectivity index (χ0n) is 11.2. The molecular formula is C15H15ClN2O2. The molecule has 0 bridgehead atoms. The Bertz CT molecular complexity index is 582. The molecule has 1 aromatic carbocycles. The Kier molecular flexibility index (Phi) is 6.59. The Balaban J connectivity index is 2.94. The number of halogens is 1. The molecule has 0 fully saturated rings. The summed E-state index contributed by atoms with van der Waals surface area (Å²) in [6.07, 6.45) is 0.299. The molecule has 4 nitrogen and oxygen atoms in total. The van der Waals surface area contributed by atoms with E-state index in [1.54, 1.807) is 23.1 Å². The number of nitrogens with zero attached hydrogens (tertiary/aromatic N) is 2. The molecule has 1 amide bonds. The van der Waals surface area contributed by atoms with Crippen LogP contribution in [0, 0.1) is 23.2 Å². The summed E-state index contributed by atoms with van der Waals surface area (Å²) in [5, 5.41) is 17.6. The number of amides is 1. The second kappa shape index (κ2) is 8.22. The molecule has 1 N–H and O–H groups in total. The number of rotatable bonds is 4. The van der Waals surface area contributed by atoms with Crippen LogP contribution in [0.5, 0.6) is 0 Å². The van der Waals surface area contributed by atoms with Crippen molar-refractivity contribution in [2.75, 3.05) is 19.7 Å². The van der Waals surface area contributed by atoms with E-state index >= 15 is 0 Å². The maximum absolute atomic E-state index is 12.2. The van der Waals surface area contributed by atoms with Crippen molar-refractivity contribution in [1.82, 2.24) is 4.90 Å². The molecule has 0 aromatic heterocycles. The van der Waals surface area contributed by atoms with E-state index in [2.05, 4.69) is 11.8 Å². The molecule has 0 aliphatic rings. The lowest BCUT2D eigenvalue weighted by atomic mass is 10.1. The second-order valence-corrected chi connectivity index (χ2v) is 4.35. The highest BCUT2D eigenvalue weighted by molar-refractivity contribution is 6.32. The zero-order chi connectivity index (χ0) is 15.0. The van der Waals surface area contributed by atoms with Gasteiger partial charge in [-0.05, 0) is 25.1 Å². The van der Waals surface area contributed by atoms with E-state index in [9.17, 15) is 4.79 Å². The minimum Gasteiger partial charge on any atom is -0.384 e. The fraction of sp³-hybridized carbons (Fsp3) is 0.333. The first-order valence-corrected chi connectivity index (χ1v) is 6.57. The molecule has 104 valence electrons. The van der Waals surface area contributed by atoms with Crippen LogP contribution in [0.25, 0.3) is 0 Å². The number of nitriles is 1. The van der Waals surface area contributed by atoms with Crippen LogP contribution in [0.3, 0.4) is 0 Å². The van der Waals surface area contributed by atoms with E-state index in [-0.39, 0.29) is 12.5 Å². The van der Waals surface area contributed by atoms with Crippen LogP contribution in [0.4, 0.5) is 0 Å². The largest absolute Gasteiger partial charge is 0.384 e. The highest BCUT2D eigenvalue weighted by Gasteiger charge is 2.14. The van der Waals surface area contributed by atoms with E-state index in [1.807, 2.05) is 13.0 Å². The number of hydrogen-bond acceptors (Lipinski definition) is 3. The highest BCUT2D eigenvalue weighted by atomic mass is 35.5. The van der Waals surface area contributed by atoms with Crippen molar-refractivity contribution in [2.24, 2.45) is 0 Å². The molecular weight excluding hydrogens is 276 g/mol. The highest BCUT2D eigenvalue weighted by Crippen LogP contribution is 2.18. The normalized spacial score (nSPS) is 9.30. The van der Waals surface area contributed by atoms with Crippen LogP contribution >= 0.6 is 11.6 Å². The fourth-order valence-electron chi connectivity index (χ4n) is 1.66. The molecule has 0 radical (unpaired) electrons. The van der Waals surface area contributed by atoms with Gasteiger partial charge < -0.3 is 10.0 Å². The molecule has 0 atom stereocenters. The summed E-state index contributed by atoms with van der Waals surface area (Å²) in [6, 6.07) is 6.87. The minimum absolute atomic E-state index is 0.161. The van der Waals surface area contributed by atoms with Crippen LogP contribution < -0.4 is 0 Å². The summed E-state index contributed by atoms with van der Waals surface area (Å²) >= 11 is 6.05. The number of aliphatic hydroxyl groups excluding tert-OH is 1. The van der Waals surface area contributed by atoms with E-state index in [0.717, 1.165) is 0 Å². The molecule has 1 aromatic rings. The molecule has 0 aliphatic heterocycles. The van der Waals surface area contributed by atoms with Gasteiger partial charge in [0.15, 0.2) is 0 Å². The summed E-state index contributed by atoms with van der Waals surface area (Å²) in [4.78, 5) is 13.8. The third kappa shape index (κ3) is 4.28. The molecule has 0 heterocycles. The zero-order valence-corrected chi connectivity index (χ0v) is 11.9. The number of hydrogen-bond donors (Lipinski definition) is 1. The van der Waals surface area contributed by atoms with Crippen molar-refractivity contribution in [3.05, 3.63) is 34.3 Å². The van der Waals surface area contributed by atoms with Gasteiger partial charge in [0.1, 0.15) is 6.61 Å². The molecule has 1 rings (SSSR count). The maximum Gasteiger partial charge on any atom is 0.253 e. The molecule has 0 unspecified atom stereocenters. The van der Waals surface area contributed by atoms with E-state index in [4.69, 9.17) is 22.0 Å². The Labute approximate surface area is 123 Å². The third-order valence-corrected chi connectivity index (χ3v) is 2.99. The molecule has 0 saturated heterocycles. The van der Waals surface area contributed by atoms with Crippen molar-refractivity contribution in [1.29, 1.82) is 5.26 Å². The van der Waals surface area contributed by atoms with Gasteiger partial charge in [-0.25, -0.2) is 0 Å². The number of carbonyl (C=O) groups excluding carboxylic acids is 1. The van der Waals surface area contributed by atoms with Gasteiger partial charge in [0.05, 0.1) is 17.5 Å². The van der Waals surface area contributed by atoms with Gasteiger partial charge in [-0.1, -0.05) is 23.4 Å². The van der Waals surface area contributed by atoms with Crippen molar-refractivity contribution in [3.63, 3.8) is 0 Å². The fourth-order valence-corrected chi connectivity index (χ4v) is 1.88. The van der Waals surface area contributed by atoms with Crippen LogP contribution in [-0.2, 0) is 0 Å². The Morgan fingerprint density at radius 1 is 1.50 bits per heavy atom. The first kappa shape index (κ1) is 16.0. The van der Waals surface area contributed by atoms with E-state index in [1.165, 1.54) is 0 Å². The predicted molar refractivity (Wildman–Crippen MR) is 77.2 cm³/mol. The third-order valence-electron chi connectivity index (χ3n) is 2.68. The van der Waals surface area contributed by atoms with Crippen molar-refractivity contribution < 1.29 is 9.90 Å². The average Bonchev–Trinajstić information content (AvgIpc) is 2.46. The topological polar surface area (TPSA) is 64.3 Å². The number of carbonyl (C=O) groups is 1. The lowest BCUT2D eigenvalue weighted by Gasteiger charge is -2.19. The SMILES string of the molecule is CCN(CCC#N)C(=O)c1ccc(C#CCO)c(Cl)c1. The van der Waals surface area contributed by atoms with Crippen LogP contribution in [0.2, 0.25) is 5.02 Å². The number of benzene rings is 1. The van der Waals surface area contributed by atoms with Crippen molar-refractivity contribution in [2.45, 2.75) is 13.3 Å². The molecule has 0 saturated carbocycles. The molecule has 0 aliphatic carbocycles. The minimum atomic E-state index is -0.241. The summed E-state index contributed by atoms with van der Waals surface area (Å²) in [5.74, 6) is 5.05. The number of aliphatic hydroxyl groups is 1. The summed E-state index contributed by atoms with van der Waals surface area (Å²) in [5.41, 5.74) is 1.03. The average molecular weight is 291 g/mol. The van der Waals surface area contributed by atoms with Gasteiger partial charge in [0.25, 0.3) is 5.91 Å².